The second-order valence-corrected chi connectivity index (χ2v) is 11.5. The maximum absolute atomic E-state index is 13.2. The molecule has 5 rings (SSSR count). The van der Waals surface area contributed by atoms with Gasteiger partial charge in [0.2, 0.25) is 0 Å². The van der Waals surface area contributed by atoms with Crippen molar-refractivity contribution in [2.75, 3.05) is 44.1 Å². The zero-order valence-electron chi connectivity index (χ0n) is 22.1. The van der Waals surface area contributed by atoms with Gasteiger partial charge in [-0.05, 0) is 80.8 Å². The summed E-state index contributed by atoms with van der Waals surface area (Å²) >= 11 is 0. The number of anilines is 1. The predicted octanol–water partition coefficient (Wildman–Crippen LogP) is 4.68. The SMILES string of the molecule is CCOC1=CCC(CN2CCCN(C(=O)c3ccc(NS(=O)(=O)c4cccc5cccnc45)cc3)CC2)C=C1. The Balaban J connectivity index is 1.18. The number of nitrogens with one attached hydrogen (secondary N) is 1. The Morgan fingerprint density at radius 3 is 2.64 bits per heavy atom. The van der Waals surface area contributed by atoms with Gasteiger partial charge in [0.1, 0.15) is 10.7 Å². The summed E-state index contributed by atoms with van der Waals surface area (Å²) in [5.74, 6) is 1.37. The van der Waals surface area contributed by atoms with E-state index >= 15 is 0 Å². The van der Waals surface area contributed by atoms with Crippen molar-refractivity contribution in [3.63, 3.8) is 0 Å². The molecule has 39 heavy (non-hydrogen) atoms. The molecular weight excluding hydrogens is 512 g/mol. The minimum atomic E-state index is -3.85. The lowest BCUT2D eigenvalue weighted by atomic mass is 9.99. The van der Waals surface area contributed by atoms with Crippen LogP contribution in [0.4, 0.5) is 5.69 Å². The molecule has 0 saturated carbocycles. The van der Waals surface area contributed by atoms with Crippen LogP contribution in [0.3, 0.4) is 0 Å². The van der Waals surface area contributed by atoms with Crippen LogP contribution in [0.1, 0.15) is 30.1 Å². The molecule has 2 aromatic carbocycles. The van der Waals surface area contributed by atoms with Gasteiger partial charge in [0.15, 0.2) is 0 Å². The number of nitrogens with zero attached hydrogens (tertiary/aromatic N) is 3. The summed E-state index contributed by atoms with van der Waals surface area (Å²) in [6.45, 7) is 6.79. The highest BCUT2D eigenvalue weighted by molar-refractivity contribution is 7.93. The fraction of sp³-hybridized carbons (Fsp3) is 0.333. The molecule has 8 nitrogen and oxygen atoms in total. The highest BCUT2D eigenvalue weighted by atomic mass is 32.2. The zero-order valence-corrected chi connectivity index (χ0v) is 22.9. The fourth-order valence-corrected chi connectivity index (χ4v) is 6.35. The maximum atomic E-state index is 13.2. The van der Waals surface area contributed by atoms with E-state index in [-0.39, 0.29) is 10.8 Å². The van der Waals surface area contributed by atoms with Gasteiger partial charge in [0.05, 0.1) is 12.1 Å². The number of hydrogen-bond donors (Lipinski definition) is 1. The molecule has 1 amide bonds. The van der Waals surface area contributed by atoms with Crippen molar-refractivity contribution in [3.05, 3.63) is 90.3 Å². The van der Waals surface area contributed by atoms with Crippen molar-refractivity contribution in [2.24, 2.45) is 5.92 Å². The predicted molar refractivity (Wildman–Crippen MR) is 153 cm³/mol. The topological polar surface area (TPSA) is 91.8 Å². The number of rotatable bonds is 8. The average molecular weight is 547 g/mol. The molecule has 1 aliphatic heterocycles. The smallest absolute Gasteiger partial charge is 0.264 e. The highest BCUT2D eigenvalue weighted by Gasteiger charge is 2.23. The van der Waals surface area contributed by atoms with E-state index in [1.165, 1.54) is 6.07 Å². The van der Waals surface area contributed by atoms with Crippen LogP contribution in [0.25, 0.3) is 10.9 Å². The zero-order chi connectivity index (χ0) is 27.2. The number of allylic oxidation sites excluding steroid dienone is 2. The number of benzene rings is 2. The molecule has 1 aromatic heterocycles. The molecule has 1 fully saturated rings. The van der Waals surface area contributed by atoms with Gasteiger partial charge in [-0.25, -0.2) is 8.42 Å². The summed E-state index contributed by atoms with van der Waals surface area (Å²) in [6, 6.07) is 15.3. The van der Waals surface area contributed by atoms with E-state index in [1.54, 1.807) is 42.6 Å². The van der Waals surface area contributed by atoms with E-state index in [4.69, 9.17) is 4.74 Å². The van der Waals surface area contributed by atoms with Crippen LogP contribution in [0, 0.1) is 5.92 Å². The number of fused-ring (bicyclic) bond motifs is 1. The Morgan fingerprint density at radius 1 is 1.05 bits per heavy atom. The number of hydrogen-bond acceptors (Lipinski definition) is 6. The van der Waals surface area contributed by atoms with Crippen molar-refractivity contribution in [1.29, 1.82) is 0 Å². The van der Waals surface area contributed by atoms with Crippen LogP contribution in [0.2, 0.25) is 0 Å². The lowest BCUT2D eigenvalue weighted by molar-refractivity contribution is 0.0761. The Kier molecular flexibility index (Phi) is 8.28. The molecule has 1 aliphatic carbocycles. The van der Waals surface area contributed by atoms with Crippen LogP contribution in [0.15, 0.2) is 89.7 Å². The first kappa shape index (κ1) is 26.9. The van der Waals surface area contributed by atoms with Crippen LogP contribution >= 0.6 is 0 Å². The summed E-state index contributed by atoms with van der Waals surface area (Å²) in [4.78, 5) is 21.9. The molecular formula is C30H34N4O4S. The minimum absolute atomic E-state index is 0.0358. The van der Waals surface area contributed by atoms with Crippen LogP contribution in [-0.2, 0) is 14.8 Å². The fourth-order valence-electron chi connectivity index (χ4n) is 5.11. The minimum Gasteiger partial charge on any atom is -0.494 e. The number of ether oxygens (including phenoxy) is 1. The van der Waals surface area contributed by atoms with Crippen LogP contribution in [-0.4, -0.2) is 68.4 Å². The van der Waals surface area contributed by atoms with Gasteiger partial charge in [-0.1, -0.05) is 24.3 Å². The third kappa shape index (κ3) is 6.49. The number of carbonyl (C=O) groups is 1. The summed E-state index contributed by atoms with van der Waals surface area (Å²) in [7, 11) is -3.85. The first-order valence-corrected chi connectivity index (χ1v) is 14.9. The number of carbonyl (C=O) groups excluding carboxylic acids is 1. The Hall–Kier alpha value is -3.69. The normalized spacial score (nSPS) is 18.4. The van der Waals surface area contributed by atoms with Crippen LogP contribution in [0.5, 0.6) is 0 Å². The largest absolute Gasteiger partial charge is 0.494 e. The van der Waals surface area contributed by atoms with Gasteiger partial charge < -0.3 is 14.5 Å². The molecule has 204 valence electrons. The number of para-hydroxylation sites is 1. The van der Waals surface area contributed by atoms with Crippen LogP contribution < -0.4 is 4.72 Å². The monoisotopic (exact) mass is 546 g/mol. The highest BCUT2D eigenvalue weighted by Crippen LogP contribution is 2.24. The van der Waals surface area contributed by atoms with Crippen molar-refractivity contribution < 1.29 is 17.9 Å². The van der Waals surface area contributed by atoms with E-state index in [9.17, 15) is 13.2 Å². The van der Waals surface area contributed by atoms with E-state index in [0.717, 1.165) is 43.6 Å². The standard InChI is InChI=1S/C30H34N4O4S/c1-2-38-27-15-9-23(10-16-27)22-33-18-5-19-34(21-20-33)30(35)25-11-13-26(14-12-25)32-39(36,37)28-8-3-6-24-7-4-17-31-29(24)28/h3-4,6-9,11-17,23,32H,2,5,10,18-22H2,1H3. The molecule has 3 aromatic rings. The molecule has 0 radical (unpaired) electrons. The van der Waals surface area contributed by atoms with Crippen molar-refractivity contribution in [2.45, 2.75) is 24.7 Å². The molecule has 1 unspecified atom stereocenters. The first-order chi connectivity index (χ1) is 18.9. The summed E-state index contributed by atoms with van der Waals surface area (Å²) in [6.07, 6.45) is 9.91. The van der Waals surface area contributed by atoms with Crippen molar-refractivity contribution in [3.8, 4) is 0 Å². The number of amides is 1. The molecule has 9 heteroatoms. The second kappa shape index (κ2) is 12.0. The molecule has 1 saturated heterocycles. The molecule has 0 bridgehead atoms. The number of sulfonamides is 1. The van der Waals surface area contributed by atoms with E-state index < -0.39 is 10.0 Å². The van der Waals surface area contributed by atoms with E-state index in [1.807, 2.05) is 24.0 Å². The molecule has 2 heterocycles. The summed E-state index contributed by atoms with van der Waals surface area (Å²) in [5.41, 5.74) is 1.35. The summed E-state index contributed by atoms with van der Waals surface area (Å²) < 4.78 is 34.4. The third-order valence-electron chi connectivity index (χ3n) is 7.10. The average Bonchev–Trinajstić information content (AvgIpc) is 3.19. The molecule has 2 aliphatic rings. The molecule has 1 N–H and O–H groups in total. The number of pyridine rings is 1. The van der Waals surface area contributed by atoms with E-state index in [2.05, 4.69) is 32.8 Å². The lowest BCUT2D eigenvalue weighted by Crippen LogP contribution is -2.36. The Bertz CT molecular complexity index is 1480. The Labute approximate surface area is 230 Å². The van der Waals surface area contributed by atoms with Gasteiger partial charge in [-0.3, -0.25) is 14.5 Å². The Morgan fingerprint density at radius 2 is 1.87 bits per heavy atom. The lowest BCUT2D eigenvalue weighted by Gasteiger charge is -2.26. The van der Waals surface area contributed by atoms with E-state index in [0.29, 0.717) is 42.4 Å². The number of aromatic nitrogens is 1. The van der Waals surface area contributed by atoms with Gasteiger partial charge in [0, 0.05) is 49.0 Å². The molecule has 1 atom stereocenters. The summed E-state index contributed by atoms with van der Waals surface area (Å²) in [5, 5.41) is 0.750. The van der Waals surface area contributed by atoms with Gasteiger partial charge in [0.25, 0.3) is 15.9 Å². The third-order valence-corrected chi connectivity index (χ3v) is 8.52. The quantitative estimate of drug-likeness (QED) is 0.441. The van der Waals surface area contributed by atoms with Gasteiger partial charge >= 0.3 is 0 Å². The second-order valence-electron chi connectivity index (χ2n) is 9.85. The maximum Gasteiger partial charge on any atom is 0.264 e. The van der Waals surface area contributed by atoms with Crippen molar-refractivity contribution in [1.82, 2.24) is 14.8 Å². The van der Waals surface area contributed by atoms with Gasteiger partial charge in [-0.2, -0.15) is 0 Å². The molecule has 0 spiro atoms. The van der Waals surface area contributed by atoms with Gasteiger partial charge in [-0.15, -0.1) is 0 Å². The van der Waals surface area contributed by atoms with Crippen molar-refractivity contribution >= 4 is 32.5 Å². The first-order valence-electron chi connectivity index (χ1n) is 13.4.